The van der Waals surface area contributed by atoms with Crippen molar-refractivity contribution in [3.8, 4) is 0 Å². The average molecular weight is 319 g/mol. The SMILES string of the molecule is CC(Nc1ccc(C(F)(F)F)cc1Cl)c1ccc(F)cn1. The van der Waals surface area contributed by atoms with Gasteiger partial charge in [0.05, 0.1) is 34.2 Å². The Morgan fingerprint density at radius 2 is 1.90 bits per heavy atom. The second-order valence-electron chi connectivity index (χ2n) is 4.46. The van der Waals surface area contributed by atoms with E-state index in [0.717, 1.165) is 18.3 Å². The molecule has 0 saturated carbocycles. The van der Waals surface area contributed by atoms with E-state index >= 15 is 0 Å². The molecule has 0 radical (unpaired) electrons. The lowest BCUT2D eigenvalue weighted by Gasteiger charge is -2.17. The molecule has 1 heterocycles. The molecule has 0 saturated heterocycles. The summed E-state index contributed by atoms with van der Waals surface area (Å²) in [5.74, 6) is -0.460. The molecule has 0 aliphatic rings. The number of rotatable bonds is 3. The molecule has 1 aromatic carbocycles. The highest BCUT2D eigenvalue weighted by atomic mass is 35.5. The summed E-state index contributed by atoms with van der Waals surface area (Å²) in [6.45, 7) is 1.74. The first kappa shape index (κ1) is 15.6. The van der Waals surface area contributed by atoms with Crippen molar-refractivity contribution >= 4 is 17.3 Å². The fraction of sp³-hybridized carbons (Fsp3) is 0.214. The quantitative estimate of drug-likeness (QED) is 0.800. The van der Waals surface area contributed by atoms with E-state index in [1.54, 1.807) is 6.92 Å². The van der Waals surface area contributed by atoms with E-state index in [0.29, 0.717) is 11.4 Å². The van der Waals surface area contributed by atoms with Crippen LogP contribution >= 0.6 is 11.6 Å². The number of anilines is 1. The second-order valence-corrected chi connectivity index (χ2v) is 4.87. The molecule has 0 fully saturated rings. The first-order valence-electron chi connectivity index (χ1n) is 6.02. The number of pyridine rings is 1. The highest BCUT2D eigenvalue weighted by Gasteiger charge is 2.30. The van der Waals surface area contributed by atoms with Crippen LogP contribution < -0.4 is 5.32 Å². The summed E-state index contributed by atoms with van der Waals surface area (Å²) in [6, 6.07) is 5.47. The van der Waals surface area contributed by atoms with Gasteiger partial charge in [0.15, 0.2) is 0 Å². The Labute approximate surface area is 123 Å². The van der Waals surface area contributed by atoms with Crippen LogP contribution in [0, 0.1) is 5.82 Å². The van der Waals surface area contributed by atoms with Gasteiger partial charge >= 0.3 is 6.18 Å². The lowest BCUT2D eigenvalue weighted by Crippen LogP contribution is -2.10. The zero-order valence-electron chi connectivity index (χ0n) is 10.9. The van der Waals surface area contributed by atoms with E-state index < -0.39 is 17.6 Å². The predicted molar refractivity (Wildman–Crippen MR) is 72.7 cm³/mol. The Morgan fingerprint density at radius 1 is 1.19 bits per heavy atom. The minimum absolute atomic E-state index is 0.0428. The summed E-state index contributed by atoms with van der Waals surface area (Å²) in [5.41, 5.74) is 0.0845. The van der Waals surface area contributed by atoms with Crippen LogP contribution in [0.15, 0.2) is 36.5 Å². The lowest BCUT2D eigenvalue weighted by molar-refractivity contribution is -0.137. The van der Waals surface area contributed by atoms with Gasteiger partial charge in [-0.2, -0.15) is 13.2 Å². The van der Waals surface area contributed by atoms with Crippen molar-refractivity contribution in [1.82, 2.24) is 4.98 Å². The minimum Gasteiger partial charge on any atom is -0.376 e. The van der Waals surface area contributed by atoms with Gasteiger partial charge in [0, 0.05) is 0 Å². The predicted octanol–water partition coefficient (Wildman–Crippen LogP) is 5.07. The van der Waals surface area contributed by atoms with E-state index in [2.05, 4.69) is 10.3 Å². The second kappa shape index (κ2) is 5.89. The Kier molecular flexibility index (Phi) is 4.37. The van der Waals surface area contributed by atoms with E-state index in [1.165, 1.54) is 18.2 Å². The first-order chi connectivity index (χ1) is 9.77. The molecular formula is C14H11ClF4N2. The van der Waals surface area contributed by atoms with Gasteiger partial charge in [0.25, 0.3) is 0 Å². The highest BCUT2D eigenvalue weighted by Crippen LogP contribution is 2.34. The number of hydrogen-bond acceptors (Lipinski definition) is 2. The molecule has 0 aliphatic heterocycles. The van der Waals surface area contributed by atoms with Gasteiger partial charge in [-0.3, -0.25) is 4.98 Å². The van der Waals surface area contributed by atoms with Gasteiger partial charge in [0.2, 0.25) is 0 Å². The van der Waals surface area contributed by atoms with Gasteiger partial charge in [-0.15, -0.1) is 0 Å². The molecule has 1 N–H and O–H groups in total. The van der Waals surface area contributed by atoms with Gasteiger partial charge in [-0.05, 0) is 37.3 Å². The van der Waals surface area contributed by atoms with Crippen molar-refractivity contribution in [3.05, 3.63) is 58.6 Å². The van der Waals surface area contributed by atoms with Crippen LogP contribution in [0.3, 0.4) is 0 Å². The molecule has 1 atom stereocenters. The van der Waals surface area contributed by atoms with E-state index in [9.17, 15) is 17.6 Å². The summed E-state index contributed by atoms with van der Waals surface area (Å²) in [7, 11) is 0. The van der Waals surface area contributed by atoms with E-state index in [1.807, 2.05) is 0 Å². The Hall–Kier alpha value is -1.82. The van der Waals surface area contributed by atoms with Crippen LogP contribution in [0.1, 0.15) is 24.2 Å². The zero-order chi connectivity index (χ0) is 15.6. The number of nitrogens with one attached hydrogen (secondary N) is 1. The normalized spacial score (nSPS) is 13.0. The van der Waals surface area contributed by atoms with Crippen molar-refractivity contribution in [2.24, 2.45) is 0 Å². The van der Waals surface area contributed by atoms with Crippen molar-refractivity contribution in [1.29, 1.82) is 0 Å². The molecule has 0 aliphatic carbocycles. The topological polar surface area (TPSA) is 24.9 Å². The number of alkyl halides is 3. The highest BCUT2D eigenvalue weighted by molar-refractivity contribution is 6.33. The Bertz CT molecular complexity index is 626. The molecular weight excluding hydrogens is 308 g/mol. The largest absolute Gasteiger partial charge is 0.416 e. The van der Waals surface area contributed by atoms with Crippen molar-refractivity contribution < 1.29 is 17.6 Å². The minimum atomic E-state index is -4.44. The number of benzene rings is 1. The molecule has 2 rings (SSSR count). The van der Waals surface area contributed by atoms with Crippen molar-refractivity contribution in [2.45, 2.75) is 19.1 Å². The third-order valence-electron chi connectivity index (χ3n) is 2.86. The van der Waals surface area contributed by atoms with E-state index in [-0.39, 0.29) is 11.1 Å². The van der Waals surface area contributed by atoms with Gasteiger partial charge in [-0.1, -0.05) is 11.6 Å². The van der Waals surface area contributed by atoms with Crippen LogP contribution in [0.25, 0.3) is 0 Å². The molecule has 7 heteroatoms. The summed E-state index contributed by atoms with van der Waals surface area (Å²) in [6.07, 6.45) is -3.37. The van der Waals surface area contributed by atoms with Crippen molar-refractivity contribution in [3.63, 3.8) is 0 Å². The molecule has 1 aromatic heterocycles. The first-order valence-corrected chi connectivity index (χ1v) is 6.40. The maximum Gasteiger partial charge on any atom is 0.416 e. The number of aromatic nitrogens is 1. The third-order valence-corrected chi connectivity index (χ3v) is 3.18. The Balaban J connectivity index is 2.18. The fourth-order valence-corrected chi connectivity index (χ4v) is 1.99. The van der Waals surface area contributed by atoms with Gasteiger partial charge in [0.1, 0.15) is 5.82 Å². The Morgan fingerprint density at radius 3 is 2.43 bits per heavy atom. The molecule has 0 spiro atoms. The average Bonchev–Trinajstić information content (AvgIpc) is 2.40. The van der Waals surface area contributed by atoms with Crippen LogP contribution in [-0.4, -0.2) is 4.98 Å². The molecule has 2 nitrogen and oxygen atoms in total. The number of hydrogen-bond donors (Lipinski definition) is 1. The maximum absolute atomic E-state index is 12.8. The third kappa shape index (κ3) is 3.85. The van der Waals surface area contributed by atoms with Gasteiger partial charge in [-0.25, -0.2) is 4.39 Å². The summed E-state index contributed by atoms with van der Waals surface area (Å²) < 4.78 is 50.4. The standard InChI is InChI=1S/C14H11ClF4N2/c1-8(12-5-3-10(16)7-20-12)21-13-4-2-9(6-11(13)15)14(17,18)19/h2-8,21H,1H3. The number of nitrogens with zero attached hydrogens (tertiary/aromatic N) is 1. The van der Waals surface area contributed by atoms with Crippen LogP contribution in [0.2, 0.25) is 5.02 Å². The van der Waals surface area contributed by atoms with Crippen LogP contribution in [-0.2, 0) is 6.18 Å². The lowest BCUT2D eigenvalue weighted by atomic mass is 10.1. The summed E-state index contributed by atoms with van der Waals surface area (Å²) in [5, 5.41) is 2.90. The maximum atomic E-state index is 12.8. The van der Waals surface area contributed by atoms with Crippen LogP contribution in [0.4, 0.5) is 23.2 Å². The van der Waals surface area contributed by atoms with Crippen LogP contribution in [0.5, 0.6) is 0 Å². The summed E-state index contributed by atoms with van der Waals surface area (Å²) >= 11 is 5.85. The van der Waals surface area contributed by atoms with E-state index in [4.69, 9.17) is 11.6 Å². The fourth-order valence-electron chi connectivity index (χ4n) is 1.76. The molecule has 0 amide bonds. The smallest absolute Gasteiger partial charge is 0.376 e. The molecule has 1 unspecified atom stereocenters. The molecule has 2 aromatic rings. The molecule has 21 heavy (non-hydrogen) atoms. The zero-order valence-corrected chi connectivity index (χ0v) is 11.6. The van der Waals surface area contributed by atoms with Crippen molar-refractivity contribution in [2.75, 3.05) is 5.32 Å². The monoisotopic (exact) mass is 318 g/mol. The number of halogens is 5. The molecule has 112 valence electrons. The van der Waals surface area contributed by atoms with Gasteiger partial charge < -0.3 is 5.32 Å². The summed E-state index contributed by atoms with van der Waals surface area (Å²) in [4.78, 5) is 3.90. The molecule has 0 bridgehead atoms.